The molecule has 4 heteroatoms. The van der Waals surface area contributed by atoms with E-state index in [1.54, 1.807) is 6.92 Å². The largest absolute Gasteiger partial charge is 0.491 e. The summed E-state index contributed by atoms with van der Waals surface area (Å²) in [6.45, 7) is 6.91. The van der Waals surface area contributed by atoms with Gasteiger partial charge in [-0.1, -0.05) is 24.3 Å². The molecule has 3 nitrogen and oxygen atoms in total. The Morgan fingerprint density at radius 1 is 1.47 bits per heavy atom. The predicted molar refractivity (Wildman–Crippen MR) is 64.5 cm³/mol. The molecule has 0 radical (unpaired) electrons. The van der Waals surface area contributed by atoms with Crippen molar-refractivity contribution in [2.45, 2.75) is 19.9 Å². The van der Waals surface area contributed by atoms with E-state index in [2.05, 4.69) is 11.9 Å². The van der Waals surface area contributed by atoms with Crippen LogP contribution in [-0.2, 0) is 4.79 Å². The number of halogens is 1. The summed E-state index contributed by atoms with van der Waals surface area (Å²) in [6.07, 6.45) is 0. The molecule has 17 heavy (non-hydrogen) atoms. The van der Waals surface area contributed by atoms with Crippen molar-refractivity contribution in [3.63, 3.8) is 0 Å². The lowest BCUT2D eigenvalue weighted by molar-refractivity contribution is -0.119. The fourth-order valence-corrected chi connectivity index (χ4v) is 1.20. The third-order valence-corrected chi connectivity index (χ3v) is 2.14. The van der Waals surface area contributed by atoms with Gasteiger partial charge < -0.3 is 10.1 Å². The van der Waals surface area contributed by atoms with Crippen molar-refractivity contribution >= 4 is 5.91 Å². The van der Waals surface area contributed by atoms with Crippen LogP contribution in [0.1, 0.15) is 12.5 Å². The highest BCUT2D eigenvalue weighted by Crippen LogP contribution is 2.11. The number of amides is 1. The summed E-state index contributed by atoms with van der Waals surface area (Å²) in [4.78, 5) is 11.0. The van der Waals surface area contributed by atoms with Crippen LogP contribution in [0.4, 0.5) is 4.39 Å². The highest BCUT2D eigenvalue weighted by Gasteiger charge is 2.10. The SMILES string of the molecule is C=C(F)C(=O)NC(C)COc1ccc(C)cc1. The zero-order valence-corrected chi connectivity index (χ0v) is 10.00. The second-order valence-corrected chi connectivity index (χ2v) is 3.90. The van der Waals surface area contributed by atoms with Gasteiger partial charge in [0, 0.05) is 0 Å². The van der Waals surface area contributed by atoms with E-state index in [-0.39, 0.29) is 12.6 Å². The molecule has 1 aromatic rings. The Morgan fingerprint density at radius 2 is 2.06 bits per heavy atom. The third kappa shape index (κ3) is 4.68. The minimum absolute atomic E-state index is 0.280. The zero-order valence-electron chi connectivity index (χ0n) is 10.00. The molecule has 0 spiro atoms. The van der Waals surface area contributed by atoms with Crippen LogP contribution in [0.5, 0.6) is 5.75 Å². The summed E-state index contributed by atoms with van der Waals surface area (Å²) in [5.41, 5.74) is 1.15. The van der Waals surface area contributed by atoms with Gasteiger partial charge in [0.15, 0.2) is 5.83 Å². The number of hydrogen-bond acceptors (Lipinski definition) is 2. The fraction of sp³-hybridized carbons (Fsp3) is 0.308. The molecule has 0 aliphatic heterocycles. The van der Waals surface area contributed by atoms with Crippen molar-refractivity contribution in [1.82, 2.24) is 5.32 Å². The minimum atomic E-state index is -0.993. The lowest BCUT2D eigenvalue weighted by Crippen LogP contribution is -2.36. The van der Waals surface area contributed by atoms with Crippen LogP contribution >= 0.6 is 0 Å². The quantitative estimate of drug-likeness (QED) is 0.798. The second-order valence-electron chi connectivity index (χ2n) is 3.90. The van der Waals surface area contributed by atoms with E-state index in [9.17, 15) is 9.18 Å². The minimum Gasteiger partial charge on any atom is -0.491 e. The Balaban J connectivity index is 2.38. The number of nitrogens with one attached hydrogen (secondary N) is 1. The van der Waals surface area contributed by atoms with Gasteiger partial charge in [-0.3, -0.25) is 4.79 Å². The van der Waals surface area contributed by atoms with Crippen molar-refractivity contribution in [3.05, 3.63) is 42.2 Å². The maximum atomic E-state index is 12.4. The number of aryl methyl sites for hydroxylation is 1. The van der Waals surface area contributed by atoms with Crippen molar-refractivity contribution in [2.24, 2.45) is 0 Å². The van der Waals surface area contributed by atoms with E-state index < -0.39 is 11.7 Å². The molecule has 0 fully saturated rings. The molecule has 0 heterocycles. The first kappa shape index (κ1) is 13.2. The molecule has 1 atom stereocenters. The monoisotopic (exact) mass is 237 g/mol. The standard InChI is InChI=1S/C13H16FNO2/c1-9-4-6-12(7-5-9)17-8-10(2)15-13(16)11(3)14/h4-7,10H,3,8H2,1-2H3,(H,15,16). The van der Waals surface area contributed by atoms with Crippen LogP contribution in [0.2, 0.25) is 0 Å². The van der Waals surface area contributed by atoms with Crippen LogP contribution in [0.25, 0.3) is 0 Å². The highest BCUT2D eigenvalue weighted by atomic mass is 19.1. The summed E-state index contributed by atoms with van der Waals surface area (Å²) >= 11 is 0. The number of benzene rings is 1. The maximum Gasteiger partial charge on any atom is 0.279 e. The second kappa shape index (κ2) is 6.03. The van der Waals surface area contributed by atoms with E-state index in [4.69, 9.17) is 4.74 Å². The summed E-state index contributed by atoms with van der Waals surface area (Å²) in [7, 11) is 0. The van der Waals surface area contributed by atoms with Crippen molar-refractivity contribution in [3.8, 4) is 5.75 Å². The molecule has 0 saturated carbocycles. The predicted octanol–water partition coefficient (Wildman–Crippen LogP) is 2.36. The van der Waals surface area contributed by atoms with E-state index >= 15 is 0 Å². The number of ether oxygens (including phenoxy) is 1. The van der Waals surface area contributed by atoms with E-state index in [1.807, 2.05) is 31.2 Å². The number of hydrogen-bond donors (Lipinski definition) is 1. The van der Waals surface area contributed by atoms with Crippen LogP contribution in [0.3, 0.4) is 0 Å². The van der Waals surface area contributed by atoms with E-state index in [0.717, 1.165) is 11.3 Å². The van der Waals surface area contributed by atoms with Crippen LogP contribution in [0, 0.1) is 6.92 Å². The Morgan fingerprint density at radius 3 is 2.59 bits per heavy atom. The third-order valence-electron chi connectivity index (χ3n) is 2.14. The fourth-order valence-electron chi connectivity index (χ4n) is 1.20. The molecule has 0 aliphatic rings. The lowest BCUT2D eigenvalue weighted by Gasteiger charge is -2.14. The van der Waals surface area contributed by atoms with Gasteiger partial charge in [0.1, 0.15) is 12.4 Å². The average Bonchev–Trinajstić information content (AvgIpc) is 2.28. The molecule has 0 saturated heterocycles. The zero-order chi connectivity index (χ0) is 12.8. The van der Waals surface area contributed by atoms with Crippen molar-refractivity contribution < 1.29 is 13.9 Å². The lowest BCUT2D eigenvalue weighted by atomic mass is 10.2. The van der Waals surface area contributed by atoms with Crippen LogP contribution in [0.15, 0.2) is 36.7 Å². The summed E-state index contributed by atoms with van der Waals surface area (Å²) < 4.78 is 17.9. The van der Waals surface area contributed by atoms with Crippen LogP contribution in [-0.4, -0.2) is 18.6 Å². The topological polar surface area (TPSA) is 38.3 Å². The molecule has 1 rings (SSSR count). The van der Waals surface area contributed by atoms with Gasteiger partial charge in [0.2, 0.25) is 0 Å². The molecule has 0 aromatic heterocycles. The van der Waals surface area contributed by atoms with Gasteiger partial charge in [-0.05, 0) is 26.0 Å². The summed E-state index contributed by atoms with van der Waals surface area (Å²) in [6, 6.07) is 7.27. The Labute approximate surface area is 100 Å². The molecule has 1 unspecified atom stereocenters. The molecule has 1 amide bonds. The Bertz CT molecular complexity index is 400. The molecular weight excluding hydrogens is 221 g/mol. The van der Waals surface area contributed by atoms with Gasteiger partial charge in [-0.15, -0.1) is 0 Å². The average molecular weight is 237 g/mol. The molecule has 0 aliphatic carbocycles. The summed E-state index contributed by atoms with van der Waals surface area (Å²) in [5.74, 6) is -1.08. The molecular formula is C13H16FNO2. The highest BCUT2D eigenvalue weighted by molar-refractivity contribution is 5.90. The van der Waals surface area contributed by atoms with Gasteiger partial charge in [-0.25, -0.2) is 4.39 Å². The number of carbonyl (C=O) groups excluding carboxylic acids is 1. The Kier molecular flexibility index (Phi) is 4.69. The maximum absolute atomic E-state index is 12.4. The van der Waals surface area contributed by atoms with Crippen LogP contribution < -0.4 is 10.1 Å². The van der Waals surface area contributed by atoms with Crippen molar-refractivity contribution in [1.29, 1.82) is 0 Å². The Hall–Kier alpha value is -1.84. The van der Waals surface area contributed by atoms with E-state index in [0.29, 0.717) is 0 Å². The first-order chi connectivity index (χ1) is 7.99. The summed E-state index contributed by atoms with van der Waals surface area (Å²) in [5, 5.41) is 2.42. The molecule has 92 valence electrons. The first-order valence-corrected chi connectivity index (χ1v) is 5.34. The molecule has 1 N–H and O–H groups in total. The van der Waals surface area contributed by atoms with Gasteiger partial charge in [0.25, 0.3) is 5.91 Å². The smallest absolute Gasteiger partial charge is 0.279 e. The van der Waals surface area contributed by atoms with Crippen molar-refractivity contribution in [2.75, 3.05) is 6.61 Å². The molecule has 1 aromatic carbocycles. The van der Waals surface area contributed by atoms with E-state index in [1.165, 1.54) is 0 Å². The van der Waals surface area contributed by atoms with Gasteiger partial charge in [-0.2, -0.15) is 0 Å². The normalized spacial score (nSPS) is 11.7. The first-order valence-electron chi connectivity index (χ1n) is 5.34. The number of rotatable bonds is 5. The van der Waals surface area contributed by atoms with Gasteiger partial charge in [0.05, 0.1) is 6.04 Å². The molecule has 0 bridgehead atoms. The van der Waals surface area contributed by atoms with Gasteiger partial charge >= 0.3 is 0 Å². The number of carbonyl (C=O) groups is 1.